The molecular weight excluding hydrogens is 315 g/mol. The molecule has 22 heavy (non-hydrogen) atoms. The molecule has 2 aromatic heterocycles. The molecule has 1 aliphatic heterocycles. The Bertz CT molecular complexity index is 643. The minimum absolute atomic E-state index is 0.00936. The molecule has 3 rings (SSSR count). The van der Waals surface area contributed by atoms with Gasteiger partial charge in [-0.3, -0.25) is 9.48 Å². The van der Waals surface area contributed by atoms with Gasteiger partial charge in [0.15, 0.2) is 5.69 Å². The average Bonchev–Trinajstić information content (AvgIpc) is 3.17. The van der Waals surface area contributed by atoms with Crippen LogP contribution < -0.4 is 0 Å². The summed E-state index contributed by atoms with van der Waals surface area (Å²) in [5.41, 5.74) is -0.871. The Morgan fingerprint density at radius 3 is 2.55 bits per heavy atom. The standard InChI is InChI=1S/C14H14F3N3OS/c15-14(16,17)12-5-8-20(18-12)10-3-6-19(7-4-10)13(21)11-2-1-9-22-11/h1-2,5,8-10H,3-4,6-7H2. The molecule has 1 amide bonds. The molecular formula is C14H14F3N3OS. The van der Waals surface area contributed by atoms with E-state index in [1.54, 1.807) is 11.0 Å². The third kappa shape index (κ3) is 3.01. The highest BCUT2D eigenvalue weighted by atomic mass is 32.1. The Morgan fingerprint density at radius 1 is 1.27 bits per heavy atom. The molecule has 1 aliphatic rings. The molecule has 0 aromatic carbocycles. The number of likely N-dealkylation sites (tertiary alicyclic amines) is 1. The van der Waals surface area contributed by atoms with E-state index in [1.807, 2.05) is 11.4 Å². The summed E-state index contributed by atoms with van der Waals surface area (Å²) < 4.78 is 39.1. The summed E-state index contributed by atoms with van der Waals surface area (Å²) in [7, 11) is 0. The maximum atomic E-state index is 12.6. The monoisotopic (exact) mass is 329 g/mol. The summed E-state index contributed by atoms with van der Waals surface area (Å²) in [6.45, 7) is 1.06. The molecule has 0 spiro atoms. The first-order chi connectivity index (χ1) is 10.4. The van der Waals surface area contributed by atoms with Crippen LogP contribution in [0.4, 0.5) is 13.2 Å². The molecule has 1 saturated heterocycles. The number of halogens is 3. The van der Waals surface area contributed by atoms with Gasteiger partial charge in [0.1, 0.15) is 0 Å². The minimum Gasteiger partial charge on any atom is -0.338 e. The predicted molar refractivity (Wildman–Crippen MR) is 75.7 cm³/mol. The number of hydrogen-bond donors (Lipinski definition) is 0. The first kappa shape index (κ1) is 15.1. The van der Waals surface area contributed by atoms with E-state index in [4.69, 9.17) is 0 Å². The van der Waals surface area contributed by atoms with Gasteiger partial charge in [-0.25, -0.2) is 0 Å². The third-order valence-electron chi connectivity index (χ3n) is 3.76. The third-order valence-corrected chi connectivity index (χ3v) is 4.61. The number of thiophene rings is 1. The van der Waals surface area contributed by atoms with Crippen molar-refractivity contribution < 1.29 is 18.0 Å². The molecule has 0 N–H and O–H groups in total. The van der Waals surface area contributed by atoms with Gasteiger partial charge in [-0.1, -0.05) is 6.07 Å². The van der Waals surface area contributed by atoms with Crippen molar-refractivity contribution in [3.05, 3.63) is 40.3 Å². The van der Waals surface area contributed by atoms with Crippen LogP contribution in [0.2, 0.25) is 0 Å². The number of carbonyl (C=O) groups is 1. The van der Waals surface area contributed by atoms with Crippen molar-refractivity contribution in [3.8, 4) is 0 Å². The second-order valence-electron chi connectivity index (χ2n) is 5.18. The van der Waals surface area contributed by atoms with Crippen molar-refractivity contribution in [3.63, 3.8) is 0 Å². The van der Waals surface area contributed by atoms with Crippen molar-refractivity contribution >= 4 is 17.2 Å². The van der Waals surface area contributed by atoms with Crippen molar-refractivity contribution in [1.29, 1.82) is 0 Å². The lowest BCUT2D eigenvalue weighted by Gasteiger charge is -2.31. The fraction of sp³-hybridized carbons (Fsp3) is 0.429. The van der Waals surface area contributed by atoms with Gasteiger partial charge in [0.05, 0.1) is 10.9 Å². The summed E-state index contributed by atoms with van der Waals surface area (Å²) in [6.07, 6.45) is -1.84. The van der Waals surface area contributed by atoms with Crippen LogP contribution >= 0.6 is 11.3 Å². The Kier molecular flexibility index (Phi) is 3.94. The zero-order valence-corrected chi connectivity index (χ0v) is 12.4. The highest BCUT2D eigenvalue weighted by Gasteiger charge is 2.34. The molecule has 0 unspecified atom stereocenters. The second kappa shape index (κ2) is 5.75. The second-order valence-corrected chi connectivity index (χ2v) is 6.13. The SMILES string of the molecule is O=C(c1cccs1)N1CCC(n2ccc(C(F)(F)F)n2)CC1. The first-order valence-electron chi connectivity index (χ1n) is 6.90. The summed E-state index contributed by atoms with van der Waals surface area (Å²) >= 11 is 1.39. The van der Waals surface area contributed by atoms with Crippen LogP contribution in [-0.2, 0) is 6.18 Å². The topological polar surface area (TPSA) is 38.1 Å². The van der Waals surface area contributed by atoms with Gasteiger partial charge in [0.2, 0.25) is 0 Å². The molecule has 0 radical (unpaired) electrons. The molecule has 0 aliphatic carbocycles. The Labute approximate surface area is 129 Å². The van der Waals surface area contributed by atoms with E-state index in [0.717, 1.165) is 6.07 Å². The van der Waals surface area contributed by atoms with Crippen molar-refractivity contribution in [2.24, 2.45) is 0 Å². The molecule has 8 heteroatoms. The van der Waals surface area contributed by atoms with Crippen LogP contribution in [0.15, 0.2) is 29.8 Å². The van der Waals surface area contributed by atoms with Crippen LogP contribution in [0, 0.1) is 0 Å². The van der Waals surface area contributed by atoms with E-state index in [9.17, 15) is 18.0 Å². The molecule has 4 nitrogen and oxygen atoms in total. The normalized spacial score (nSPS) is 17.0. The number of carbonyl (C=O) groups excluding carboxylic acids is 1. The number of aromatic nitrogens is 2. The van der Waals surface area contributed by atoms with Crippen LogP contribution in [0.3, 0.4) is 0 Å². The van der Waals surface area contributed by atoms with Gasteiger partial charge in [-0.2, -0.15) is 18.3 Å². The average molecular weight is 329 g/mol. The van der Waals surface area contributed by atoms with E-state index in [0.29, 0.717) is 30.8 Å². The maximum absolute atomic E-state index is 12.6. The van der Waals surface area contributed by atoms with Crippen molar-refractivity contribution in [2.75, 3.05) is 13.1 Å². The minimum atomic E-state index is -4.42. The van der Waals surface area contributed by atoms with E-state index >= 15 is 0 Å². The largest absolute Gasteiger partial charge is 0.435 e. The summed E-state index contributed by atoms with van der Waals surface area (Å²) in [4.78, 5) is 14.6. The molecule has 1 fully saturated rings. The zero-order valence-electron chi connectivity index (χ0n) is 11.6. The molecule has 2 aromatic rings. The zero-order chi connectivity index (χ0) is 15.7. The van der Waals surface area contributed by atoms with E-state index in [-0.39, 0.29) is 11.9 Å². The number of amides is 1. The molecule has 0 atom stereocenters. The summed E-state index contributed by atoms with van der Waals surface area (Å²) in [6, 6.07) is 4.50. The van der Waals surface area contributed by atoms with Gasteiger partial charge in [-0.15, -0.1) is 11.3 Å². The van der Waals surface area contributed by atoms with Crippen molar-refractivity contribution in [1.82, 2.24) is 14.7 Å². The fourth-order valence-corrected chi connectivity index (χ4v) is 3.27. The van der Waals surface area contributed by atoms with Gasteiger partial charge in [-0.05, 0) is 30.4 Å². The van der Waals surface area contributed by atoms with Gasteiger partial charge in [0, 0.05) is 19.3 Å². The van der Waals surface area contributed by atoms with Gasteiger partial charge < -0.3 is 4.90 Å². The van der Waals surface area contributed by atoms with Crippen molar-refractivity contribution in [2.45, 2.75) is 25.1 Å². The number of nitrogens with zero attached hydrogens (tertiary/aromatic N) is 3. The quantitative estimate of drug-likeness (QED) is 0.846. The van der Waals surface area contributed by atoms with Crippen LogP contribution in [0.5, 0.6) is 0 Å². The Hall–Kier alpha value is -1.83. The Balaban J connectivity index is 1.62. The highest BCUT2D eigenvalue weighted by molar-refractivity contribution is 7.12. The predicted octanol–water partition coefficient (Wildman–Crippen LogP) is 3.44. The lowest BCUT2D eigenvalue weighted by molar-refractivity contribution is -0.141. The number of piperidine rings is 1. The molecule has 0 saturated carbocycles. The smallest absolute Gasteiger partial charge is 0.338 e. The molecule has 118 valence electrons. The van der Waals surface area contributed by atoms with Gasteiger partial charge >= 0.3 is 6.18 Å². The van der Waals surface area contributed by atoms with E-state index in [2.05, 4.69) is 5.10 Å². The lowest BCUT2D eigenvalue weighted by Crippen LogP contribution is -2.38. The van der Waals surface area contributed by atoms with Crippen LogP contribution in [0.25, 0.3) is 0 Å². The van der Waals surface area contributed by atoms with Gasteiger partial charge in [0.25, 0.3) is 5.91 Å². The molecule has 0 bridgehead atoms. The number of rotatable bonds is 2. The summed E-state index contributed by atoms with van der Waals surface area (Å²) in [5.74, 6) is -0.00936. The van der Waals surface area contributed by atoms with E-state index in [1.165, 1.54) is 22.2 Å². The number of alkyl halides is 3. The summed E-state index contributed by atoms with van der Waals surface area (Å²) in [5, 5.41) is 5.46. The lowest BCUT2D eigenvalue weighted by atomic mass is 10.1. The first-order valence-corrected chi connectivity index (χ1v) is 7.78. The maximum Gasteiger partial charge on any atom is 0.435 e. The van der Waals surface area contributed by atoms with Crippen LogP contribution in [-0.4, -0.2) is 33.7 Å². The number of hydrogen-bond acceptors (Lipinski definition) is 3. The van der Waals surface area contributed by atoms with E-state index < -0.39 is 11.9 Å². The Morgan fingerprint density at radius 2 is 2.00 bits per heavy atom. The fourth-order valence-electron chi connectivity index (χ4n) is 2.58. The highest BCUT2D eigenvalue weighted by Crippen LogP contribution is 2.30. The van der Waals surface area contributed by atoms with Crippen LogP contribution in [0.1, 0.15) is 34.2 Å². The molecule has 3 heterocycles.